The molecule has 0 bridgehead atoms. The Morgan fingerprint density at radius 2 is 1.39 bits per heavy atom. The number of pyridine rings is 1. The molecule has 2 aromatic carbocycles. The van der Waals surface area contributed by atoms with Crippen molar-refractivity contribution >= 4 is 53.0 Å². The second kappa shape index (κ2) is 12.1. The maximum absolute atomic E-state index is 13.1. The quantitative estimate of drug-likeness (QED) is 0.301. The van der Waals surface area contributed by atoms with Crippen molar-refractivity contribution in [3.63, 3.8) is 0 Å². The number of nitrogens with one attached hydrogen (secondary N) is 2. The molecule has 0 saturated heterocycles. The van der Waals surface area contributed by atoms with Crippen LogP contribution in [-0.4, -0.2) is 17.1 Å². The van der Waals surface area contributed by atoms with Gasteiger partial charge in [0.25, 0.3) is 0 Å². The summed E-state index contributed by atoms with van der Waals surface area (Å²) < 4.78 is 78.4. The largest absolute Gasteiger partial charge is 0.416 e. The Morgan fingerprint density at radius 3 is 1.97 bits per heavy atom. The number of halogens is 9. The Bertz CT molecular complexity index is 1130. The third-order valence-corrected chi connectivity index (χ3v) is 6.27. The van der Waals surface area contributed by atoms with E-state index in [0.29, 0.717) is 5.02 Å². The fourth-order valence-electron chi connectivity index (χ4n) is 4.29. The van der Waals surface area contributed by atoms with Gasteiger partial charge in [0, 0.05) is 40.9 Å². The van der Waals surface area contributed by atoms with Crippen molar-refractivity contribution in [1.82, 2.24) is 10.3 Å². The van der Waals surface area contributed by atoms with E-state index in [1.54, 1.807) is 18.3 Å². The number of rotatable bonds is 5. The van der Waals surface area contributed by atoms with E-state index in [2.05, 4.69) is 15.6 Å². The fraction of sp³-hybridized carbons (Fsp3) is 0.375. The molecule has 3 aromatic rings. The van der Waals surface area contributed by atoms with Crippen LogP contribution < -0.4 is 10.6 Å². The minimum absolute atomic E-state index is 0. The molecule has 1 aromatic heterocycles. The van der Waals surface area contributed by atoms with Crippen LogP contribution >= 0.6 is 36.4 Å². The van der Waals surface area contributed by atoms with E-state index in [9.17, 15) is 26.3 Å². The van der Waals surface area contributed by atoms with Crippen molar-refractivity contribution in [2.45, 2.75) is 56.7 Å². The lowest BCUT2D eigenvalue weighted by molar-refractivity contribution is -0.143. The fourth-order valence-corrected chi connectivity index (χ4v) is 4.46. The molecule has 0 radical (unpaired) electrons. The van der Waals surface area contributed by atoms with E-state index < -0.39 is 23.5 Å². The molecule has 0 aliphatic heterocycles. The summed E-state index contributed by atoms with van der Waals surface area (Å²) in [6.07, 6.45) is -4.87. The van der Waals surface area contributed by atoms with Gasteiger partial charge in [-0.1, -0.05) is 11.6 Å². The van der Waals surface area contributed by atoms with E-state index in [4.69, 9.17) is 11.6 Å². The van der Waals surface area contributed by atoms with Crippen LogP contribution in [0.4, 0.5) is 32.0 Å². The van der Waals surface area contributed by atoms with Crippen LogP contribution in [-0.2, 0) is 18.9 Å². The molecule has 0 unspecified atom stereocenters. The van der Waals surface area contributed by atoms with E-state index >= 15 is 0 Å². The molecule has 36 heavy (non-hydrogen) atoms. The molecule has 0 atom stereocenters. The maximum atomic E-state index is 13.1. The van der Waals surface area contributed by atoms with Crippen LogP contribution in [0.25, 0.3) is 10.9 Å². The molecule has 0 amide bonds. The average molecular weight is 575 g/mol. The lowest BCUT2D eigenvalue weighted by Crippen LogP contribution is -2.36. The predicted molar refractivity (Wildman–Crippen MR) is 134 cm³/mol. The number of benzene rings is 2. The Hall–Kier alpha value is -1.94. The van der Waals surface area contributed by atoms with Crippen LogP contribution in [0, 0.1) is 0 Å². The van der Waals surface area contributed by atoms with Crippen molar-refractivity contribution < 1.29 is 26.3 Å². The van der Waals surface area contributed by atoms with Crippen molar-refractivity contribution in [3.8, 4) is 0 Å². The van der Waals surface area contributed by atoms with Gasteiger partial charge in [0.1, 0.15) is 0 Å². The lowest BCUT2D eigenvalue weighted by Gasteiger charge is -2.31. The zero-order chi connectivity index (χ0) is 24.5. The van der Waals surface area contributed by atoms with Gasteiger partial charge >= 0.3 is 12.4 Å². The minimum Gasteiger partial charge on any atom is -0.382 e. The lowest BCUT2D eigenvalue weighted by atomic mass is 9.90. The van der Waals surface area contributed by atoms with Gasteiger partial charge in [-0.3, -0.25) is 4.98 Å². The summed E-state index contributed by atoms with van der Waals surface area (Å²) in [5.41, 5.74) is -0.894. The number of aromatic nitrogens is 1. The monoisotopic (exact) mass is 573 g/mol. The van der Waals surface area contributed by atoms with Crippen LogP contribution in [0.2, 0.25) is 5.02 Å². The van der Waals surface area contributed by atoms with Gasteiger partial charge in [0.15, 0.2) is 0 Å². The van der Waals surface area contributed by atoms with Crippen LogP contribution in [0.3, 0.4) is 0 Å². The molecular formula is C24H24Cl3F6N3. The third-order valence-electron chi connectivity index (χ3n) is 6.03. The molecular weight excluding hydrogens is 551 g/mol. The summed E-state index contributed by atoms with van der Waals surface area (Å²) in [6.45, 7) is -0.0640. The Kier molecular flexibility index (Phi) is 10.2. The highest BCUT2D eigenvalue weighted by Crippen LogP contribution is 2.36. The molecule has 12 heteroatoms. The smallest absolute Gasteiger partial charge is 0.382 e. The molecule has 1 aliphatic carbocycles. The Labute approximate surface area is 221 Å². The summed E-state index contributed by atoms with van der Waals surface area (Å²) in [6, 6.07) is 9.30. The number of hydrogen-bond acceptors (Lipinski definition) is 3. The highest BCUT2D eigenvalue weighted by Gasteiger charge is 2.37. The first-order chi connectivity index (χ1) is 16.0. The van der Waals surface area contributed by atoms with Crippen molar-refractivity contribution in [1.29, 1.82) is 0 Å². The second-order valence-corrected chi connectivity index (χ2v) is 8.94. The summed E-state index contributed by atoms with van der Waals surface area (Å²) in [7, 11) is 0. The molecule has 1 heterocycles. The van der Waals surface area contributed by atoms with Gasteiger partial charge in [0.2, 0.25) is 0 Å². The summed E-state index contributed by atoms with van der Waals surface area (Å²) in [4.78, 5) is 4.33. The van der Waals surface area contributed by atoms with Gasteiger partial charge in [-0.05, 0) is 73.7 Å². The summed E-state index contributed by atoms with van der Waals surface area (Å²) in [5, 5.41) is 8.21. The van der Waals surface area contributed by atoms with Crippen LogP contribution in [0.1, 0.15) is 42.4 Å². The molecule has 1 fully saturated rings. The number of anilines is 1. The SMILES string of the molecule is Cl.Cl.FC(F)(F)c1cc(CNC2CCC(Nc3ccnc4cc(Cl)ccc34)CC2)cc(C(F)(F)F)c1. The van der Waals surface area contributed by atoms with Crippen LogP contribution in [0.15, 0.2) is 48.7 Å². The van der Waals surface area contributed by atoms with Crippen molar-refractivity contribution in [2.75, 3.05) is 5.32 Å². The van der Waals surface area contributed by atoms with E-state index in [1.165, 1.54) is 0 Å². The van der Waals surface area contributed by atoms with Gasteiger partial charge < -0.3 is 10.6 Å². The van der Waals surface area contributed by atoms with Gasteiger partial charge in [-0.25, -0.2) is 0 Å². The third kappa shape index (κ3) is 7.54. The van der Waals surface area contributed by atoms with Crippen molar-refractivity contribution in [2.24, 2.45) is 0 Å². The van der Waals surface area contributed by atoms with E-state index in [-0.39, 0.29) is 55.1 Å². The van der Waals surface area contributed by atoms with Gasteiger partial charge in [0.05, 0.1) is 16.6 Å². The Balaban J connectivity index is 0.00000228. The predicted octanol–water partition coefficient (Wildman–Crippen LogP) is 8.28. The number of fused-ring (bicyclic) bond motifs is 1. The first-order valence-electron chi connectivity index (χ1n) is 10.8. The molecule has 4 rings (SSSR count). The van der Waals surface area contributed by atoms with Gasteiger partial charge in [-0.15, -0.1) is 24.8 Å². The van der Waals surface area contributed by atoms with Crippen LogP contribution in [0.5, 0.6) is 0 Å². The first kappa shape index (κ1) is 30.3. The standard InChI is InChI=1S/C24H22ClF6N3.2ClH/c25-17-1-6-20-21(7-8-32-22(20)12-17)34-19-4-2-18(3-5-19)33-13-14-9-15(23(26,27)28)11-16(10-14)24(29,30)31;;/h1,6-12,18-19,33H,2-5,13H2,(H,32,34);2*1H. The van der Waals surface area contributed by atoms with Gasteiger partial charge in [-0.2, -0.15) is 26.3 Å². The normalized spacial score (nSPS) is 18.3. The summed E-state index contributed by atoms with van der Waals surface area (Å²) in [5.74, 6) is 0. The molecule has 1 aliphatic rings. The average Bonchev–Trinajstić information content (AvgIpc) is 2.77. The minimum atomic E-state index is -4.85. The van der Waals surface area contributed by atoms with E-state index in [1.807, 2.05) is 12.1 Å². The summed E-state index contributed by atoms with van der Waals surface area (Å²) >= 11 is 6.04. The molecule has 198 valence electrons. The van der Waals surface area contributed by atoms with Crippen molar-refractivity contribution in [3.05, 3.63) is 70.4 Å². The Morgan fingerprint density at radius 1 is 0.806 bits per heavy atom. The number of hydrogen-bond donors (Lipinski definition) is 2. The number of alkyl halides is 6. The maximum Gasteiger partial charge on any atom is 0.416 e. The molecule has 3 nitrogen and oxygen atoms in total. The second-order valence-electron chi connectivity index (χ2n) is 8.51. The highest BCUT2D eigenvalue weighted by molar-refractivity contribution is 6.31. The zero-order valence-corrected chi connectivity index (χ0v) is 21.1. The van der Waals surface area contributed by atoms with E-state index in [0.717, 1.165) is 54.4 Å². The topological polar surface area (TPSA) is 37.0 Å². The highest BCUT2D eigenvalue weighted by atomic mass is 35.5. The zero-order valence-electron chi connectivity index (χ0n) is 18.7. The number of nitrogens with zero attached hydrogens (tertiary/aromatic N) is 1. The molecule has 2 N–H and O–H groups in total. The molecule has 0 spiro atoms. The first-order valence-corrected chi connectivity index (χ1v) is 11.2. The molecule has 1 saturated carbocycles.